The summed E-state index contributed by atoms with van der Waals surface area (Å²) in [6.45, 7) is 2.39. The normalized spacial score (nSPS) is 10.8. The van der Waals surface area contributed by atoms with Crippen molar-refractivity contribution in [3.05, 3.63) is 65.2 Å². The van der Waals surface area contributed by atoms with Crippen LogP contribution in [0.5, 0.6) is 0 Å². The Morgan fingerprint density at radius 2 is 2.03 bits per heavy atom. The van der Waals surface area contributed by atoms with Gasteiger partial charge in [-0.3, -0.25) is 15.1 Å². The lowest BCUT2D eigenvalue weighted by atomic mass is 10.0. The van der Waals surface area contributed by atoms with Gasteiger partial charge >= 0.3 is 6.03 Å². The van der Waals surface area contributed by atoms with Crippen molar-refractivity contribution in [2.24, 2.45) is 7.05 Å². The van der Waals surface area contributed by atoms with Crippen LogP contribution in [0.25, 0.3) is 32.6 Å². The van der Waals surface area contributed by atoms with Gasteiger partial charge in [-0.25, -0.2) is 9.78 Å². The number of anilines is 1. The number of thiazole rings is 1. The SMILES string of the molecule is CCNC(=O)Nc1nc2cc(-c3ccn(C)c(=O)c3)cc(-c3ccccn3)c2s1. The van der Waals surface area contributed by atoms with Gasteiger partial charge in [0.2, 0.25) is 0 Å². The van der Waals surface area contributed by atoms with E-state index in [2.05, 4.69) is 20.6 Å². The van der Waals surface area contributed by atoms with Crippen molar-refractivity contribution in [1.82, 2.24) is 19.9 Å². The van der Waals surface area contributed by atoms with Crippen LogP contribution >= 0.6 is 11.3 Å². The second-order valence-corrected chi connectivity index (χ2v) is 7.45. The molecule has 0 atom stereocenters. The molecule has 0 saturated heterocycles. The first kappa shape index (κ1) is 18.8. The Morgan fingerprint density at radius 1 is 1.17 bits per heavy atom. The number of amides is 2. The molecule has 2 amide bonds. The number of pyridine rings is 2. The summed E-state index contributed by atoms with van der Waals surface area (Å²) >= 11 is 1.39. The molecule has 0 aliphatic carbocycles. The van der Waals surface area contributed by atoms with Crippen LogP contribution in [0.2, 0.25) is 0 Å². The van der Waals surface area contributed by atoms with Crippen molar-refractivity contribution in [1.29, 1.82) is 0 Å². The third-order valence-electron chi connectivity index (χ3n) is 4.43. The lowest BCUT2D eigenvalue weighted by Gasteiger charge is -2.07. The second-order valence-electron chi connectivity index (χ2n) is 6.46. The van der Waals surface area contributed by atoms with Crippen LogP contribution < -0.4 is 16.2 Å². The number of carbonyl (C=O) groups excluding carboxylic acids is 1. The summed E-state index contributed by atoms with van der Waals surface area (Å²) in [5.41, 5.74) is 4.03. The van der Waals surface area contributed by atoms with E-state index in [0.717, 1.165) is 32.6 Å². The largest absolute Gasteiger partial charge is 0.338 e. The number of benzene rings is 1. The van der Waals surface area contributed by atoms with Gasteiger partial charge in [-0.05, 0) is 48.4 Å². The zero-order chi connectivity index (χ0) is 20.4. The van der Waals surface area contributed by atoms with E-state index >= 15 is 0 Å². The number of aromatic nitrogens is 3. The Balaban J connectivity index is 1.88. The first-order valence-electron chi connectivity index (χ1n) is 9.13. The number of hydrogen-bond donors (Lipinski definition) is 2. The summed E-state index contributed by atoms with van der Waals surface area (Å²) in [7, 11) is 1.72. The summed E-state index contributed by atoms with van der Waals surface area (Å²) in [5.74, 6) is 0. The van der Waals surface area contributed by atoms with Gasteiger partial charge < -0.3 is 9.88 Å². The van der Waals surface area contributed by atoms with Crippen LogP contribution in [0.1, 0.15) is 6.92 Å². The molecular formula is C21H19N5O2S. The quantitative estimate of drug-likeness (QED) is 0.539. The first-order chi connectivity index (χ1) is 14.0. The molecular weight excluding hydrogens is 386 g/mol. The van der Waals surface area contributed by atoms with Gasteiger partial charge in [-0.1, -0.05) is 17.4 Å². The molecule has 8 heteroatoms. The molecule has 0 radical (unpaired) electrons. The van der Waals surface area contributed by atoms with Crippen molar-refractivity contribution in [3.63, 3.8) is 0 Å². The fourth-order valence-electron chi connectivity index (χ4n) is 3.00. The van der Waals surface area contributed by atoms with Gasteiger partial charge in [0.25, 0.3) is 5.56 Å². The summed E-state index contributed by atoms with van der Waals surface area (Å²) in [6, 6.07) is 12.9. The molecule has 4 rings (SSSR count). The van der Waals surface area contributed by atoms with E-state index < -0.39 is 0 Å². The molecule has 3 heterocycles. The van der Waals surface area contributed by atoms with E-state index in [9.17, 15) is 9.59 Å². The smallest absolute Gasteiger partial charge is 0.321 e. The van der Waals surface area contributed by atoms with Crippen molar-refractivity contribution < 1.29 is 4.79 Å². The third kappa shape index (κ3) is 3.88. The highest BCUT2D eigenvalue weighted by atomic mass is 32.1. The highest BCUT2D eigenvalue weighted by Gasteiger charge is 2.15. The molecule has 0 unspecified atom stereocenters. The predicted molar refractivity (Wildman–Crippen MR) is 116 cm³/mol. The average Bonchev–Trinajstić information content (AvgIpc) is 3.12. The molecule has 29 heavy (non-hydrogen) atoms. The molecule has 7 nitrogen and oxygen atoms in total. The number of aryl methyl sites for hydroxylation is 1. The Bertz CT molecular complexity index is 1250. The van der Waals surface area contributed by atoms with Crippen LogP contribution in [0.4, 0.5) is 9.93 Å². The molecule has 4 aromatic rings. The average molecular weight is 405 g/mol. The fourth-order valence-corrected chi connectivity index (χ4v) is 3.96. The highest BCUT2D eigenvalue weighted by Crippen LogP contribution is 2.37. The number of rotatable bonds is 4. The monoisotopic (exact) mass is 405 g/mol. The zero-order valence-corrected chi connectivity index (χ0v) is 16.8. The van der Waals surface area contributed by atoms with Crippen LogP contribution in [-0.2, 0) is 7.05 Å². The topological polar surface area (TPSA) is 88.9 Å². The van der Waals surface area contributed by atoms with E-state index in [4.69, 9.17) is 0 Å². The Morgan fingerprint density at radius 3 is 2.76 bits per heavy atom. The Kier molecular flexibility index (Phi) is 5.09. The number of nitrogens with one attached hydrogen (secondary N) is 2. The van der Waals surface area contributed by atoms with E-state index in [1.54, 1.807) is 25.5 Å². The minimum absolute atomic E-state index is 0.0844. The summed E-state index contributed by atoms with van der Waals surface area (Å²) < 4.78 is 2.45. The molecule has 0 saturated carbocycles. The van der Waals surface area contributed by atoms with Gasteiger partial charge in [0.05, 0.1) is 15.9 Å². The van der Waals surface area contributed by atoms with Crippen LogP contribution in [0, 0.1) is 0 Å². The maximum atomic E-state index is 12.1. The van der Waals surface area contributed by atoms with Crippen molar-refractivity contribution in [2.75, 3.05) is 11.9 Å². The van der Waals surface area contributed by atoms with Crippen molar-refractivity contribution in [2.45, 2.75) is 6.92 Å². The lowest BCUT2D eigenvalue weighted by Crippen LogP contribution is -2.28. The zero-order valence-electron chi connectivity index (χ0n) is 16.0. The van der Waals surface area contributed by atoms with Gasteiger partial charge in [0, 0.05) is 37.6 Å². The molecule has 2 N–H and O–H groups in total. The minimum atomic E-state index is -0.294. The van der Waals surface area contributed by atoms with Crippen molar-refractivity contribution in [3.8, 4) is 22.4 Å². The number of nitrogens with zero attached hydrogens (tertiary/aromatic N) is 3. The fraction of sp³-hybridized carbons (Fsp3) is 0.143. The van der Waals surface area contributed by atoms with E-state index in [0.29, 0.717) is 11.7 Å². The number of carbonyl (C=O) groups is 1. The predicted octanol–water partition coefficient (Wildman–Crippen LogP) is 3.87. The van der Waals surface area contributed by atoms with E-state index in [1.807, 2.05) is 43.3 Å². The summed E-state index contributed by atoms with van der Waals surface area (Å²) in [4.78, 5) is 33.1. The van der Waals surface area contributed by atoms with E-state index in [1.165, 1.54) is 15.9 Å². The molecule has 0 bridgehead atoms. The number of fused-ring (bicyclic) bond motifs is 1. The second kappa shape index (κ2) is 7.84. The molecule has 0 aliphatic rings. The molecule has 0 aliphatic heterocycles. The van der Waals surface area contributed by atoms with Gasteiger partial charge in [0.15, 0.2) is 5.13 Å². The van der Waals surface area contributed by atoms with Gasteiger partial charge in [-0.2, -0.15) is 0 Å². The van der Waals surface area contributed by atoms with Crippen molar-refractivity contribution >= 4 is 32.7 Å². The molecule has 146 valence electrons. The number of hydrogen-bond acceptors (Lipinski definition) is 5. The highest BCUT2D eigenvalue weighted by molar-refractivity contribution is 7.22. The first-order valence-corrected chi connectivity index (χ1v) is 9.94. The maximum Gasteiger partial charge on any atom is 0.321 e. The molecule has 0 spiro atoms. The maximum absolute atomic E-state index is 12.1. The van der Waals surface area contributed by atoms with Gasteiger partial charge in [0.1, 0.15) is 0 Å². The molecule has 0 fully saturated rings. The third-order valence-corrected chi connectivity index (χ3v) is 5.45. The Hall–Kier alpha value is -3.52. The standard InChI is InChI=1S/C21H19N5O2S/c1-3-22-20(28)25-21-24-17-11-14(13-7-9-26(2)18(27)12-13)10-15(19(17)29-21)16-6-4-5-8-23-16/h4-12H,3H2,1-2H3,(H2,22,24,25,28). The van der Waals surface area contributed by atoms with E-state index in [-0.39, 0.29) is 11.6 Å². The van der Waals surface area contributed by atoms with Gasteiger partial charge in [-0.15, -0.1) is 0 Å². The van der Waals surface area contributed by atoms with Crippen LogP contribution in [-0.4, -0.2) is 27.1 Å². The summed E-state index contributed by atoms with van der Waals surface area (Å²) in [6.07, 6.45) is 3.48. The molecule has 1 aromatic carbocycles. The minimum Gasteiger partial charge on any atom is -0.338 e. The lowest BCUT2D eigenvalue weighted by molar-refractivity contribution is 0.252. The number of urea groups is 1. The summed E-state index contributed by atoms with van der Waals surface area (Å²) in [5, 5.41) is 5.97. The Labute approximate surface area is 171 Å². The molecule has 3 aromatic heterocycles. The van der Waals surface area contributed by atoms with Crippen LogP contribution in [0.15, 0.2) is 59.7 Å². The van der Waals surface area contributed by atoms with Crippen LogP contribution in [0.3, 0.4) is 0 Å².